The van der Waals surface area contributed by atoms with Gasteiger partial charge in [-0.2, -0.15) is 0 Å². The molecule has 0 aliphatic heterocycles. The topological polar surface area (TPSA) is 17.1 Å². The Labute approximate surface area is 47.7 Å². The van der Waals surface area contributed by atoms with E-state index in [4.69, 9.17) is 11.6 Å². The zero-order valence-electron chi connectivity index (χ0n) is 4.10. The molecule has 0 amide bonds. The van der Waals surface area contributed by atoms with Gasteiger partial charge in [-0.25, -0.2) is 0 Å². The Hall–Kier alpha value is -0.0400. The standard InChI is InChI=1S/C5H7ClO/c1-3-4(2-7)5(3)6/h2-5H,1H3/t3-,4-,5+/m0/s1. The highest BCUT2D eigenvalue weighted by atomic mass is 35.5. The van der Waals surface area contributed by atoms with Gasteiger partial charge in [-0.1, -0.05) is 6.92 Å². The molecule has 40 valence electrons. The highest BCUT2D eigenvalue weighted by Gasteiger charge is 2.44. The molecule has 0 radical (unpaired) electrons. The molecular weight excluding hydrogens is 112 g/mol. The maximum atomic E-state index is 9.90. The summed E-state index contributed by atoms with van der Waals surface area (Å²) < 4.78 is 0. The highest BCUT2D eigenvalue weighted by molar-refractivity contribution is 6.24. The molecule has 1 aliphatic carbocycles. The molecule has 0 aromatic rings. The van der Waals surface area contributed by atoms with Crippen molar-refractivity contribution in [1.29, 1.82) is 0 Å². The van der Waals surface area contributed by atoms with E-state index in [-0.39, 0.29) is 11.3 Å². The third kappa shape index (κ3) is 0.653. The third-order valence-corrected chi connectivity index (χ3v) is 2.18. The summed E-state index contributed by atoms with van der Waals surface area (Å²) in [5.41, 5.74) is 0. The number of carbonyl (C=O) groups excluding carboxylic acids is 1. The molecule has 0 unspecified atom stereocenters. The molecule has 1 aliphatic rings. The van der Waals surface area contributed by atoms with E-state index in [9.17, 15) is 4.79 Å². The molecule has 7 heavy (non-hydrogen) atoms. The van der Waals surface area contributed by atoms with E-state index in [1.165, 1.54) is 0 Å². The van der Waals surface area contributed by atoms with Crippen LogP contribution in [-0.4, -0.2) is 11.7 Å². The van der Waals surface area contributed by atoms with Crippen molar-refractivity contribution in [2.24, 2.45) is 11.8 Å². The fraction of sp³-hybridized carbons (Fsp3) is 0.800. The second kappa shape index (κ2) is 1.48. The molecule has 1 saturated carbocycles. The van der Waals surface area contributed by atoms with Crippen molar-refractivity contribution in [2.45, 2.75) is 12.3 Å². The van der Waals surface area contributed by atoms with Crippen LogP contribution in [-0.2, 0) is 4.79 Å². The van der Waals surface area contributed by atoms with Gasteiger partial charge in [0.1, 0.15) is 6.29 Å². The molecule has 1 fully saturated rings. The van der Waals surface area contributed by atoms with Crippen LogP contribution in [0.1, 0.15) is 6.92 Å². The van der Waals surface area contributed by atoms with Crippen LogP contribution in [0, 0.1) is 11.8 Å². The van der Waals surface area contributed by atoms with Gasteiger partial charge >= 0.3 is 0 Å². The molecule has 0 spiro atoms. The predicted molar refractivity (Wildman–Crippen MR) is 28.4 cm³/mol. The highest BCUT2D eigenvalue weighted by Crippen LogP contribution is 2.41. The summed E-state index contributed by atoms with van der Waals surface area (Å²) in [6.45, 7) is 1.98. The fourth-order valence-electron chi connectivity index (χ4n) is 0.642. The Bertz CT molecular complexity index is 84.1. The van der Waals surface area contributed by atoms with Gasteiger partial charge in [-0.3, -0.25) is 0 Å². The minimum atomic E-state index is 0.137. The van der Waals surface area contributed by atoms with E-state index in [0.29, 0.717) is 5.92 Å². The number of aldehydes is 1. The van der Waals surface area contributed by atoms with Crippen molar-refractivity contribution in [1.82, 2.24) is 0 Å². The summed E-state index contributed by atoms with van der Waals surface area (Å²) in [6, 6.07) is 0. The summed E-state index contributed by atoms with van der Waals surface area (Å²) in [4.78, 5) is 9.90. The largest absolute Gasteiger partial charge is 0.303 e. The van der Waals surface area contributed by atoms with Crippen LogP contribution in [0.2, 0.25) is 0 Å². The number of alkyl halides is 1. The van der Waals surface area contributed by atoms with E-state index in [1.807, 2.05) is 6.92 Å². The average Bonchev–Trinajstić information content (AvgIpc) is 2.17. The third-order valence-electron chi connectivity index (χ3n) is 1.49. The van der Waals surface area contributed by atoms with Gasteiger partial charge in [0.25, 0.3) is 0 Å². The minimum Gasteiger partial charge on any atom is -0.303 e. The minimum absolute atomic E-state index is 0.137. The molecule has 0 heterocycles. The van der Waals surface area contributed by atoms with Gasteiger partial charge in [0, 0.05) is 11.3 Å². The van der Waals surface area contributed by atoms with Gasteiger partial charge in [0.2, 0.25) is 0 Å². The summed E-state index contributed by atoms with van der Waals surface area (Å²) >= 11 is 5.57. The summed E-state index contributed by atoms with van der Waals surface area (Å²) in [6.07, 6.45) is 0.933. The van der Waals surface area contributed by atoms with Crippen LogP contribution in [0.5, 0.6) is 0 Å². The summed E-state index contributed by atoms with van der Waals surface area (Å²) in [5.74, 6) is 0.584. The number of hydrogen-bond acceptors (Lipinski definition) is 1. The number of hydrogen-bond donors (Lipinski definition) is 0. The van der Waals surface area contributed by atoms with Crippen LogP contribution < -0.4 is 0 Å². The van der Waals surface area contributed by atoms with Crippen molar-refractivity contribution in [3.63, 3.8) is 0 Å². The van der Waals surface area contributed by atoms with Crippen LogP contribution in [0.25, 0.3) is 0 Å². The number of rotatable bonds is 1. The van der Waals surface area contributed by atoms with Crippen LogP contribution in [0.4, 0.5) is 0 Å². The second-order valence-corrected chi connectivity index (χ2v) is 2.52. The van der Waals surface area contributed by atoms with Gasteiger partial charge in [0.05, 0.1) is 0 Å². The van der Waals surface area contributed by atoms with Crippen molar-refractivity contribution in [3.05, 3.63) is 0 Å². The maximum absolute atomic E-state index is 9.90. The SMILES string of the molecule is C[C@@H]1[C@@H](Cl)[C@H]1C=O. The molecule has 2 heteroatoms. The molecule has 0 aromatic heterocycles. The first-order valence-corrected chi connectivity index (χ1v) is 2.80. The zero-order valence-corrected chi connectivity index (χ0v) is 4.85. The van der Waals surface area contributed by atoms with E-state index in [1.54, 1.807) is 0 Å². The van der Waals surface area contributed by atoms with Gasteiger partial charge < -0.3 is 4.79 Å². The molecule has 0 saturated heterocycles. The molecule has 0 bridgehead atoms. The first-order chi connectivity index (χ1) is 3.27. The lowest BCUT2D eigenvalue weighted by Crippen LogP contribution is -1.76. The molecular formula is C5H7ClO. The van der Waals surface area contributed by atoms with Crippen molar-refractivity contribution in [2.75, 3.05) is 0 Å². The Balaban J connectivity index is 2.37. The Morgan fingerprint density at radius 2 is 2.14 bits per heavy atom. The molecule has 1 nitrogen and oxygen atoms in total. The average molecular weight is 119 g/mol. The van der Waals surface area contributed by atoms with Crippen molar-refractivity contribution in [3.8, 4) is 0 Å². The first kappa shape index (κ1) is 5.10. The maximum Gasteiger partial charge on any atom is 0.124 e. The van der Waals surface area contributed by atoms with Gasteiger partial charge in [-0.05, 0) is 5.92 Å². The Kier molecular flexibility index (Phi) is 1.08. The first-order valence-electron chi connectivity index (χ1n) is 2.36. The lowest BCUT2D eigenvalue weighted by molar-refractivity contribution is -0.109. The summed E-state index contributed by atoms with van der Waals surface area (Å²) in [5, 5.41) is 0.137. The lowest BCUT2D eigenvalue weighted by Gasteiger charge is -1.66. The van der Waals surface area contributed by atoms with Crippen molar-refractivity contribution < 1.29 is 4.79 Å². The summed E-state index contributed by atoms with van der Waals surface area (Å²) in [7, 11) is 0. The zero-order chi connectivity index (χ0) is 5.44. The number of halogens is 1. The molecule has 0 aromatic carbocycles. The van der Waals surface area contributed by atoms with Crippen LogP contribution in [0.15, 0.2) is 0 Å². The van der Waals surface area contributed by atoms with Gasteiger partial charge in [0.15, 0.2) is 0 Å². The fourth-order valence-corrected chi connectivity index (χ4v) is 1.01. The van der Waals surface area contributed by atoms with E-state index >= 15 is 0 Å². The Morgan fingerprint density at radius 1 is 1.71 bits per heavy atom. The van der Waals surface area contributed by atoms with Gasteiger partial charge in [-0.15, -0.1) is 11.6 Å². The smallest absolute Gasteiger partial charge is 0.124 e. The molecule has 3 atom stereocenters. The van der Waals surface area contributed by atoms with E-state index in [2.05, 4.69) is 0 Å². The quantitative estimate of drug-likeness (QED) is 0.372. The van der Waals surface area contributed by atoms with E-state index in [0.717, 1.165) is 6.29 Å². The monoisotopic (exact) mass is 118 g/mol. The second-order valence-electron chi connectivity index (χ2n) is 2.02. The normalized spacial score (nSPS) is 48.6. The van der Waals surface area contributed by atoms with Crippen molar-refractivity contribution >= 4 is 17.9 Å². The Morgan fingerprint density at radius 3 is 2.14 bits per heavy atom. The predicted octanol–water partition coefficient (Wildman–Crippen LogP) is 1.06. The molecule has 1 rings (SSSR count). The number of carbonyl (C=O) groups is 1. The molecule has 0 N–H and O–H groups in total. The lowest BCUT2D eigenvalue weighted by atomic mass is 10.4. The van der Waals surface area contributed by atoms with Crippen LogP contribution in [0.3, 0.4) is 0 Å². The van der Waals surface area contributed by atoms with E-state index < -0.39 is 0 Å². The van der Waals surface area contributed by atoms with Crippen LogP contribution >= 0.6 is 11.6 Å².